The van der Waals surface area contributed by atoms with Gasteiger partial charge in [0.1, 0.15) is 12.2 Å². The summed E-state index contributed by atoms with van der Waals surface area (Å²) >= 11 is 0. The Morgan fingerprint density at radius 3 is 2.78 bits per heavy atom. The van der Waals surface area contributed by atoms with Gasteiger partial charge in [-0.15, -0.1) is 0 Å². The average Bonchev–Trinajstić information content (AvgIpc) is 2.59. The lowest BCUT2D eigenvalue weighted by Gasteiger charge is -2.20. The topological polar surface area (TPSA) is 68.6 Å². The summed E-state index contributed by atoms with van der Waals surface area (Å²) in [4.78, 5) is 11.8. The molecule has 0 N–H and O–H groups in total. The molecule has 0 aliphatic heterocycles. The number of rotatable bonds is 6. The van der Waals surface area contributed by atoms with E-state index in [1.54, 1.807) is 24.3 Å². The Labute approximate surface area is 136 Å². The van der Waals surface area contributed by atoms with E-state index in [9.17, 15) is 4.79 Å². The molecule has 1 saturated carbocycles. The number of esters is 1. The summed E-state index contributed by atoms with van der Waals surface area (Å²) in [6, 6.07) is 7.16. The van der Waals surface area contributed by atoms with Crippen molar-refractivity contribution in [2.75, 3.05) is 13.7 Å². The minimum atomic E-state index is -0.319. The molecule has 0 heterocycles. The normalized spacial score (nSPS) is 15.1. The van der Waals surface area contributed by atoms with Crippen LogP contribution in [0.25, 0.3) is 6.08 Å². The molecule has 0 spiro atoms. The molecule has 0 aromatic heterocycles. The molecule has 0 amide bonds. The third-order valence-electron chi connectivity index (χ3n) is 3.73. The molecule has 0 unspecified atom stereocenters. The van der Waals surface area contributed by atoms with Gasteiger partial charge in [0, 0.05) is 6.08 Å². The van der Waals surface area contributed by atoms with Gasteiger partial charge in [0.15, 0.2) is 18.1 Å². The van der Waals surface area contributed by atoms with Gasteiger partial charge >= 0.3 is 5.97 Å². The molecule has 5 nitrogen and oxygen atoms in total. The molecule has 122 valence electrons. The first-order valence-corrected chi connectivity index (χ1v) is 7.79. The SMILES string of the molecule is COc1cc(/C=C/C(=O)OC2CCCCC2)ccc1OCC#N. The maximum absolute atomic E-state index is 11.8. The summed E-state index contributed by atoms with van der Waals surface area (Å²) < 4.78 is 15.9. The first kappa shape index (κ1) is 16.9. The van der Waals surface area contributed by atoms with Crippen molar-refractivity contribution in [3.05, 3.63) is 29.8 Å². The van der Waals surface area contributed by atoms with E-state index in [0.717, 1.165) is 31.2 Å². The monoisotopic (exact) mass is 315 g/mol. The van der Waals surface area contributed by atoms with Crippen LogP contribution in [-0.4, -0.2) is 25.8 Å². The van der Waals surface area contributed by atoms with E-state index >= 15 is 0 Å². The molecule has 1 aliphatic carbocycles. The number of nitriles is 1. The standard InChI is InChI=1S/C18H21NO4/c1-21-17-13-14(7-9-16(17)22-12-11-19)8-10-18(20)23-15-5-3-2-4-6-15/h7-10,13,15H,2-6,12H2,1H3/b10-8+. The fraction of sp³-hybridized carbons (Fsp3) is 0.444. The third-order valence-corrected chi connectivity index (χ3v) is 3.73. The molecule has 0 atom stereocenters. The molecule has 1 aromatic rings. The van der Waals surface area contributed by atoms with Gasteiger partial charge in [-0.1, -0.05) is 12.5 Å². The molecular formula is C18H21NO4. The van der Waals surface area contributed by atoms with Gasteiger partial charge in [-0.25, -0.2) is 4.79 Å². The Balaban J connectivity index is 1.95. The van der Waals surface area contributed by atoms with Crippen LogP contribution in [0.4, 0.5) is 0 Å². The molecule has 1 fully saturated rings. The van der Waals surface area contributed by atoms with E-state index in [2.05, 4.69) is 0 Å². The highest BCUT2D eigenvalue weighted by molar-refractivity contribution is 5.87. The number of carbonyl (C=O) groups is 1. The Morgan fingerprint density at radius 1 is 1.30 bits per heavy atom. The van der Waals surface area contributed by atoms with Crippen molar-refractivity contribution >= 4 is 12.0 Å². The van der Waals surface area contributed by atoms with Gasteiger partial charge in [0.2, 0.25) is 0 Å². The fourth-order valence-corrected chi connectivity index (χ4v) is 2.57. The molecule has 0 bridgehead atoms. The molecule has 1 aliphatic rings. The summed E-state index contributed by atoms with van der Waals surface area (Å²) in [6.07, 6.45) is 8.56. The van der Waals surface area contributed by atoms with E-state index in [1.807, 2.05) is 6.07 Å². The van der Waals surface area contributed by atoms with Crippen LogP contribution < -0.4 is 9.47 Å². The quantitative estimate of drug-likeness (QED) is 0.594. The second kappa shape index (κ2) is 8.84. The van der Waals surface area contributed by atoms with E-state index in [4.69, 9.17) is 19.5 Å². The van der Waals surface area contributed by atoms with E-state index in [1.165, 1.54) is 19.6 Å². The number of hydrogen-bond donors (Lipinski definition) is 0. The molecular weight excluding hydrogens is 294 g/mol. The van der Waals surface area contributed by atoms with Crippen molar-refractivity contribution in [3.63, 3.8) is 0 Å². The molecule has 1 aromatic carbocycles. The first-order valence-electron chi connectivity index (χ1n) is 7.79. The zero-order valence-corrected chi connectivity index (χ0v) is 13.3. The summed E-state index contributed by atoms with van der Waals surface area (Å²) in [6.45, 7) is -0.0424. The predicted molar refractivity (Wildman–Crippen MR) is 86.1 cm³/mol. The molecule has 0 radical (unpaired) electrons. The van der Waals surface area contributed by atoms with Crippen LogP contribution in [0.15, 0.2) is 24.3 Å². The van der Waals surface area contributed by atoms with Crippen LogP contribution in [0.2, 0.25) is 0 Å². The van der Waals surface area contributed by atoms with Gasteiger partial charge in [-0.05, 0) is 49.5 Å². The smallest absolute Gasteiger partial charge is 0.331 e. The van der Waals surface area contributed by atoms with Crippen LogP contribution in [0.3, 0.4) is 0 Å². The Hall–Kier alpha value is -2.48. The maximum Gasteiger partial charge on any atom is 0.331 e. The van der Waals surface area contributed by atoms with Gasteiger partial charge in [0.25, 0.3) is 0 Å². The second-order valence-corrected chi connectivity index (χ2v) is 5.39. The number of methoxy groups -OCH3 is 1. The number of carbonyl (C=O) groups excluding carboxylic acids is 1. The number of benzene rings is 1. The van der Waals surface area contributed by atoms with Crippen molar-refractivity contribution in [2.45, 2.75) is 38.2 Å². The Bertz CT molecular complexity index is 598. The highest BCUT2D eigenvalue weighted by atomic mass is 16.5. The van der Waals surface area contributed by atoms with Crippen molar-refractivity contribution in [3.8, 4) is 17.6 Å². The van der Waals surface area contributed by atoms with Crippen LogP contribution in [-0.2, 0) is 9.53 Å². The first-order chi connectivity index (χ1) is 11.2. The minimum Gasteiger partial charge on any atom is -0.493 e. The van der Waals surface area contributed by atoms with Crippen molar-refractivity contribution in [1.29, 1.82) is 5.26 Å². The van der Waals surface area contributed by atoms with Crippen LogP contribution in [0, 0.1) is 11.3 Å². The summed E-state index contributed by atoms with van der Waals surface area (Å²) in [7, 11) is 1.53. The fourth-order valence-electron chi connectivity index (χ4n) is 2.57. The largest absolute Gasteiger partial charge is 0.493 e. The molecule has 5 heteroatoms. The lowest BCUT2D eigenvalue weighted by molar-refractivity contribution is -0.144. The number of hydrogen-bond acceptors (Lipinski definition) is 5. The van der Waals surface area contributed by atoms with Crippen molar-refractivity contribution in [1.82, 2.24) is 0 Å². The molecule has 23 heavy (non-hydrogen) atoms. The lowest BCUT2D eigenvalue weighted by Crippen LogP contribution is -2.19. The van der Waals surface area contributed by atoms with E-state index in [0.29, 0.717) is 11.5 Å². The van der Waals surface area contributed by atoms with E-state index < -0.39 is 0 Å². The average molecular weight is 315 g/mol. The van der Waals surface area contributed by atoms with Gasteiger partial charge < -0.3 is 14.2 Å². The van der Waals surface area contributed by atoms with Crippen molar-refractivity contribution < 1.29 is 19.0 Å². The summed E-state index contributed by atoms with van der Waals surface area (Å²) in [5.41, 5.74) is 0.798. The molecule has 2 rings (SSSR count). The summed E-state index contributed by atoms with van der Waals surface area (Å²) in [5.74, 6) is 0.694. The number of nitrogens with zero attached hydrogens (tertiary/aromatic N) is 1. The highest BCUT2D eigenvalue weighted by Crippen LogP contribution is 2.28. The summed E-state index contributed by atoms with van der Waals surface area (Å²) in [5, 5.41) is 8.55. The molecule has 0 saturated heterocycles. The predicted octanol–water partition coefficient (Wildman–Crippen LogP) is 3.49. The van der Waals surface area contributed by atoms with Gasteiger partial charge in [-0.2, -0.15) is 5.26 Å². The lowest BCUT2D eigenvalue weighted by atomic mass is 9.98. The van der Waals surface area contributed by atoms with Crippen LogP contribution in [0.1, 0.15) is 37.7 Å². The highest BCUT2D eigenvalue weighted by Gasteiger charge is 2.16. The minimum absolute atomic E-state index is 0.0424. The second-order valence-electron chi connectivity index (χ2n) is 5.39. The Morgan fingerprint density at radius 2 is 2.09 bits per heavy atom. The van der Waals surface area contributed by atoms with E-state index in [-0.39, 0.29) is 18.7 Å². The third kappa shape index (κ3) is 5.33. The number of ether oxygens (including phenoxy) is 3. The zero-order chi connectivity index (χ0) is 16.5. The Kier molecular flexibility index (Phi) is 6.49. The van der Waals surface area contributed by atoms with Crippen LogP contribution in [0.5, 0.6) is 11.5 Å². The zero-order valence-electron chi connectivity index (χ0n) is 13.3. The van der Waals surface area contributed by atoms with Gasteiger partial charge in [-0.3, -0.25) is 0 Å². The van der Waals surface area contributed by atoms with Crippen LogP contribution >= 0.6 is 0 Å². The van der Waals surface area contributed by atoms with Crippen molar-refractivity contribution in [2.24, 2.45) is 0 Å². The van der Waals surface area contributed by atoms with Gasteiger partial charge in [0.05, 0.1) is 7.11 Å². The maximum atomic E-state index is 11.8.